The zero-order valence-electron chi connectivity index (χ0n) is 5.36. The van der Waals surface area contributed by atoms with Crippen molar-refractivity contribution < 1.29 is 0 Å². The van der Waals surface area contributed by atoms with Crippen LogP contribution in [0.5, 0.6) is 0 Å². The van der Waals surface area contributed by atoms with Gasteiger partial charge in [0.2, 0.25) is 0 Å². The molecule has 0 aliphatic heterocycles. The van der Waals surface area contributed by atoms with E-state index in [-0.39, 0.29) is 0 Å². The van der Waals surface area contributed by atoms with E-state index in [0.29, 0.717) is 0 Å². The van der Waals surface area contributed by atoms with Crippen LogP contribution in [-0.2, 0) is 0 Å². The summed E-state index contributed by atoms with van der Waals surface area (Å²) in [4.78, 5) is 0. The normalized spacial score (nSPS) is 18.5. The quantitative estimate of drug-likeness (QED) is 0.454. The second-order valence-electron chi connectivity index (χ2n) is 2.12. The van der Waals surface area contributed by atoms with Crippen molar-refractivity contribution in [2.24, 2.45) is 0 Å². The molecule has 1 aliphatic carbocycles. The molecule has 1 heteroatoms. The third kappa shape index (κ3) is 4.25. The lowest BCUT2D eigenvalue weighted by Crippen LogP contribution is -1.85. The average molecular weight is 130 g/mol. The van der Waals surface area contributed by atoms with Gasteiger partial charge in [0.25, 0.3) is 0 Å². The molecule has 0 N–H and O–H groups in total. The molecule has 0 amide bonds. The first-order valence-electron chi connectivity index (χ1n) is 3.29. The van der Waals surface area contributed by atoms with Crippen molar-refractivity contribution >= 4 is 18.1 Å². The number of thiocarbonyl (C=S) groups is 1. The van der Waals surface area contributed by atoms with Crippen molar-refractivity contribution in [2.75, 3.05) is 0 Å². The Kier molecular flexibility index (Phi) is 7.17. The van der Waals surface area contributed by atoms with Crippen molar-refractivity contribution in [3.63, 3.8) is 0 Å². The molecule has 1 aliphatic rings. The number of rotatable bonds is 0. The van der Waals surface area contributed by atoms with E-state index >= 15 is 0 Å². The summed E-state index contributed by atoms with van der Waals surface area (Å²) in [6.45, 7) is 0. The van der Waals surface area contributed by atoms with E-state index in [9.17, 15) is 0 Å². The van der Waals surface area contributed by atoms with Gasteiger partial charge in [-0.1, -0.05) is 50.7 Å². The summed E-state index contributed by atoms with van der Waals surface area (Å²) in [5.74, 6) is 2.83. The second kappa shape index (κ2) is 7.09. The molecule has 1 fully saturated rings. The van der Waals surface area contributed by atoms with Crippen molar-refractivity contribution in [3.8, 4) is 0 Å². The molecule has 0 saturated heterocycles. The van der Waals surface area contributed by atoms with Crippen LogP contribution < -0.4 is 0 Å². The molecular formula is C7H14S. The van der Waals surface area contributed by atoms with Crippen LogP contribution in [0.1, 0.15) is 38.5 Å². The predicted octanol–water partition coefficient (Wildman–Crippen LogP) is 2.96. The Morgan fingerprint density at radius 3 is 0.875 bits per heavy atom. The average Bonchev–Trinajstić information content (AvgIpc) is 1.96. The van der Waals surface area contributed by atoms with E-state index in [4.69, 9.17) is 0 Å². The van der Waals surface area contributed by atoms with Gasteiger partial charge in [0.1, 0.15) is 0 Å². The van der Waals surface area contributed by atoms with Gasteiger partial charge in [0.05, 0.1) is 0 Å². The highest BCUT2D eigenvalue weighted by Crippen LogP contribution is 2.15. The predicted molar refractivity (Wildman–Crippen MR) is 42.4 cm³/mol. The first kappa shape index (κ1) is 8.09. The topological polar surface area (TPSA) is 0 Å². The Labute approximate surface area is 57.3 Å². The first-order valence-corrected chi connectivity index (χ1v) is 3.87. The summed E-state index contributed by atoms with van der Waals surface area (Å²) in [6.07, 6.45) is 9.00. The smallest absolute Gasteiger partial charge is 0.0351 e. The van der Waals surface area contributed by atoms with Gasteiger partial charge in [-0.15, -0.1) is 0 Å². The van der Waals surface area contributed by atoms with E-state index in [1.807, 2.05) is 0 Å². The minimum Gasteiger partial charge on any atom is -0.0973 e. The summed E-state index contributed by atoms with van der Waals surface area (Å²) in [7, 11) is 0. The van der Waals surface area contributed by atoms with E-state index in [1.165, 1.54) is 38.5 Å². The molecule has 0 unspecified atom stereocenters. The molecule has 0 spiro atoms. The van der Waals surface area contributed by atoms with E-state index < -0.39 is 0 Å². The fourth-order valence-electron chi connectivity index (χ4n) is 1.06. The highest BCUT2D eigenvalue weighted by molar-refractivity contribution is 7.77. The Hall–Kier alpha value is 0.0900. The summed E-state index contributed by atoms with van der Waals surface area (Å²) >= 11 is 3.83. The van der Waals surface area contributed by atoms with Crippen molar-refractivity contribution in [3.05, 3.63) is 0 Å². The Morgan fingerprint density at radius 2 is 0.750 bits per heavy atom. The van der Waals surface area contributed by atoms with Gasteiger partial charge >= 0.3 is 0 Å². The minimum absolute atomic E-state index is 1.50. The monoisotopic (exact) mass is 130 g/mol. The van der Waals surface area contributed by atoms with Crippen molar-refractivity contribution in [1.82, 2.24) is 0 Å². The fourth-order valence-corrected chi connectivity index (χ4v) is 1.06. The molecule has 0 nitrogen and oxygen atoms in total. The van der Waals surface area contributed by atoms with E-state index in [0.717, 1.165) is 0 Å². The van der Waals surface area contributed by atoms with Gasteiger partial charge in [-0.25, -0.2) is 0 Å². The van der Waals surface area contributed by atoms with Gasteiger partial charge in [-0.05, 0) is 5.87 Å². The van der Waals surface area contributed by atoms with E-state index in [2.05, 4.69) is 18.1 Å². The molecule has 8 heavy (non-hydrogen) atoms. The van der Waals surface area contributed by atoms with Crippen molar-refractivity contribution in [2.45, 2.75) is 38.5 Å². The van der Waals surface area contributed by atoms with Gasteiger partial charge in [-0.2, -0.15) is 0 Å². The molecule has 1 rings (SSSR count). The Bertz CT molecular complexity index is 28.1. The largest absolute Gasteiger partial charge is 0.0973 e. The fraction of sp³-hybridized carbons (Fsp3) is 0.857. The second-order valence-corrected chi connectivity index (χ2v) is 2.12. The Morgan fingerprint density at radius 1 is 0.625 bits per heavy atom. The highest BCUT2D eigenvalue weighted by atomic mass is 32.1. The number of hydrogen-bond donors (Lipinski definition) is 0. The molecular weight excluding hydrogens is 116 g/mol. The molecule has 0 aromatic rings. The third-order valence-electron chi connectivity index (χ3n) is 1.50. The molecule has 0 aromatic carbocycles. The molecule has 0 atom stereocenters. The van der Waals surface area contributed by atoms with Gasteiger partial charge in [-0.3, -0.25) is 0 Å². The molecule has 0 radical (unpaired) electrons. The van der Waals surface area contributed by atoms with Crippen LogP contribution in [0.25, 0.3) is 0 Å². The lowest BCUT2D eigenvalue weighted by Gasteiger charge is -2.05. The Balaban J connectivity index is 0.000000222. The molecule has 0 bridgehead atoms. The molecule has 0 heterocycles. The van der Waals surface area contributed by atoms with Crippen LogP contribution in [0.3, 0.4) is 0 Å². The van der Waals surface area contributed by atoms with Gasteiger partial charge < -0.3 is 0 Å². The molecule has 48 valence electrons. The summed E-state index contributed by atoms with van der Waals surface area (Å²) in [6, 6.07) is 0. The van der Waals surface area contributed by atoms with Crippen LogP contribution in [0.15, 0.2) is 0 Å². The standard InChI is InChI=1S/C6H12.CH2S/c1-2-4-6-5-3-1;1-2/h1-6H2;1H2. The minimum atomic E-state index is 1.50. The lowest BCUT2D eigenvalue weighted by molar-refractivity contribution is 0.504. The molecule has 1 saturated carbocycles. The van der Waals surface area contributed by atoms with Crippen molar-refractivity contribution in [1.29, 1.82) is 0 Å². The van der Waals surface area contributed by atoms with Crippen LogP contribution >= 0.6 is 12.2 Å². The maximum absolute atomic E-state index is 3.83. The SMILES string of the molecule is C1CCCCC1.C=S. The van der Waals surface area contributed by atoms with Crippen LogP contribution in [0.4, 0.5) is 0 Å². The van der Waals surface area contributed by atoms with Gasteiger partial charge in [0, 0.05) is 0 Å². The zero-order chi connectivity index (χ0) is 6.24. The number of hydrogen-bond acceptors (Lipinski definition) is 1. The van der Waals surface area contributed by atoms with Crippen LogP contribution in [0.2, 0.25) is 0 Å². The third-order valence-corrected chi connectivity index (χ3v) is 1.50. The maximum atomic E-state index is 3.83. The maximum Gasteiger partial charge on any atom is -0.0351 e. The lowest BCUT2D eigenvalue weighted by atomic mass is 10.0. The summed E-state index contributed by atoms with van der Waals surface area (Å²) in [5.41, 5.74) is 0. The van der Waals surface area contributed by atoms with Crippen LogP contribution in [-0.4, -0.2) is 5.87 Å². The van der Waals surface area contributed by atoms with Gasteiger partial charge in [0.15, 0.2) is 0 Å². The zero-order valence-corrected chi connectivity index (χ0v) is 6.17. The molecule has 0 aromatic heterocycles. The first-order chi connectivity index (χ1) is 4.00. The summed E-state index contributed by atoms with van der Waals surface area (Å²) in [5, 5.41) is 0. The summed E-state index contributed by atoms with van der Waals surface area (Å²) < 4.78 is 0. The van der Waals surface area contributed by atoms with E-state index in [1.54, 1.807) is 0 Å². The highest BCUT2D eigenvalue weighted by Gasteiger charge is 1.95. The van der Waals surface area contributed by atoms with Crippen LogP contribution in [0, 0.1) is 0 Å².